The molecule has 164 valence electrons. The summed E-state index contributed by atoms with van der Waals surface area (Å²) in [4.78, 5) is 19.1. The van der Waals surface area contributed by atoms with Gasteiger partial charge >= 0.3 is 0 Å². The number of anilines is 1. The van der Waals surface area contributed by atoms with E-state index in [2.05, 4.69) is 9.38 Å². The van der Waals surface area contributed by atoms with E-state index in [4.69, 9.17) is 0 Å². The molecule has 6 nitrogen and oxygen atoms in total. The van der Waals surface area contributed by atoms with Crippen molar-refractivity contribution in [2.24, 2.45) is 11.4 Å². The zero-order valence-corrected chi connectivity index (χ0v) is 18.4. The predicted molar refractivity (Wildman–Crippen MR) is 113 cm³/mol. The number of hydrogen-bond acceptors (Lipinski definition) is 5. The third kappa shape index (κ3) is 4.49. The van der Waals surface area contributed by atoms with E-state index < -0.39 is 33.4 Å². The highest BCUT2D eigenvalue weighted by Gasteiger charge is 2.35. The Hall–Kier alpha value is -2.07. The van der Waals surface area contributed by atoms with Crippen molar-refractivity contribution in [3.63, 3.8) is 0 Å². The maximum Gasteiger partial charge on any atom is 0.262 e. The summed E-state index contributed by atoms with van der Waals surface area (Å²) in [7, 11) is 1.48. The molecule has 1 fully saturated rings. The van der Waals surface area contributed by atoms with E-state index in [9.17, 15) is 22.5 Å². The first-order valence-electron chi connectivity index (χ1n) is 9.61. The van der Waals surface area contributed by atoms with Crippen molar-refractivity contribution < 1.29 is 17.7 Å². The van der Waals surface area contributed by atoms with Crippen molar-refractivity contribution in [2.45, 2.75) is 51.2 Å². The van der Waals surface area contributed by atoms with Crippen LogP contribution in [0.25, 0.3) is 10.9 Å². The van der Waals surface area contributed by atoms with Crippen LogP contribution < -0.4 is 10.5 Å². The molecule has 2 aromatic rings. The van der Waals surface area contributed by atoms with Gasteiger partial charge in [0.2, 0.25) is 5.95 Å². The van der Waals surface area contributed by atoms with Gasteiger partial charge in [-0.05, 0) is 39.8 Å². The summed E-state index contributed by atoms with van der Waals surface area (Å²) in [5.41, 5.74) is 0.255. The minimum absolute atomic E-state index is 0.0506. The first-order chi connectivity index (χ1) is 13.8. The first-order valence-corrected chi connectivity index (χ1v) is 10.7. The molecule has 0 radical (unpaired) electrons. The van der Waals surface area contributed by atoms with Crippen molar-refractivity contribution in [1.82, 2.24) is 9.55 Å². The average Bonchev–Trinajstić information content (AvgIpc) is 2.64. The lowest BCUT2D eigenvalue weighted by molar-refractivity contribution is -0.0223. The van der Waals surface area contributed by atoms with Gasteiger partial charge in [0.25, 0.3) is 11.5 Å². The third-order valence-corrected chi connectivity index (χ3v) is 6.52. The van der Waals surface area contributed by atoms with Crippen LogP contribution in [-0.4, -0.2) is 43.6 Å². The Morgan fingerprint density at radius 3 is 2.43 bits per heavy atom. The summed E-state index contributed by atoms with van der Waals surface area (Å²) in [6.45, 7) is 6.98. The number of alkyl halides is 2. The second-order valence-electron chi connectivity index (χ2n) is 8.51. The van der Waals surface area contributed by atoms with E-state index in [0.717, 1.165) is 6.07 Å². The molecular weight excluding hydrogens is 417 g/mol. The number of benzene rings is 1. The van der Waals surface area contributed by atoms with Crippen LogP contribution in [-0.2, 0) is 18.4 Å². The molecule has 1 atom stereocenters. The molecule has 0 saturated carbocycles. The van der Waals surface area contributed by atoms with Crippen LogP contribution in [0, 0.1) is 5.82 Å². The summed E-state index contributed by atoms with van der Waals surface area (Å²) in [5, 5.41) is 0.0506. The Bertz CT molecular complexity index is 1050. The molecule has 0 bridgehead atoms. The smallest absolute Gasteiger partial charge is 0.262 e. The fraction of sp³-hybridized carbons (Fsp3) is 0.550. The van der Waals surface area contributed by atoms with Crippen LogP contribution in [0.3, 0.4) is 0 Å². The molecule has 0 spiro atoms. The number of fused-ring (bicyclic) bond motifs is 1. The molecule has 2 heterocycles. The maximum atomic E-state index is 14.3. The Balaban J connectivity index is 2.16. The van der Waals surface area contributed by atoms with Gasteiger partial charge in [-0.15, -0.1) is 0 Å². The molecule has 1 aromatic heterocycles. The average molecular weight is 443 g/mol. The normalized spacial score (nSPS) is 18.7. The highest BCUT2D eigenvalue weighted by molar-refractivity contribution is 7.91. The number of nitrogens with zero attached hydrogens (tertiary/aromatic N) is 4. The van der Waals surface area contributed by atoms with E-state index in [1.807, 2.05) is 0 Å². The SMILES string of the molecule is C/C(=N/[S@+]([O-])C(C)(C)C)c1cc(F)cc2c(=O)n(C)c(N3CCC(F)(F)CC3)nc12. The molecule has 1 saturated heterocycles. The summed E-state index contributed by atoms with van der Waals surface area (Å²) in [6, 6.07) is 2.29. The molecule has 0 N–H and O–H groups in total. The first kappa shape index (κ1) is 22.6. The van der Waals surface area contributed by atoms with Crippen LogP contribution in [0.15, 0.2) is 21.3 Å². The quantitative estimate of drug-likeness (QED) is 0.538. The zero-order chi connectivity index (χ0) is 22.4. The highest BCUT2D eigenvalue weighted by atomic mass is 32.2. The Morgan fingerprint density at radius 2 is 1.87 bits per heavy atom. The fourth-order valence-corrected chi connectivity index (χ4v) is 3.85. The summed E-state index contributed by atoms with van der Waals surface area (Å²) in [6.07, 6.45) is -0.662. The number of rotatable bonds is 3. The van der Waals surface area contributed by atoms with Gasteiger partial charge in [0.15, 0.2) is 0 Å². The predicted octanol–water partition coefficient (Wildman–Crippen LogP) is 3.58. The van der Waals surface area contributed by atoms with E-state index in [0.29, 0.717) is 0 Å². The minimum Gasteiger partial charge on any atom is -0.591 e. The van der Waals surface area contributed by atoms with Crippen LogP contribution >= 0.6 is 0 Å². The van der Waals surface area contributed by atoms with E-state index in [1.165, 1.54) is 17.7 Å². The van der Waals surface area contributed by atoms with Crippen molar-refractivity contribution in [3.8, 4) is 0 Å². The maximum absolute atomic E-state index is 14.3. The van der Waals surface area contributed by atoms with Crippen LogP contribution in [0.5, 0.6) is 0 Å². The van der Waals surface area contributed by atoms with Crippen LogP contribution in [0.4, 0.5) is 19.1 Å². The van der Waals surface area contributed by atoms with Gasteiger partial charge in [0.05, 0.1) is 16.6 Å². The van der Waals surface area contributed by atoms with Gasteiger partial charge < -0.3 is 9.45 Å². The van der Waals surface area contributed by atoms with E-state index in [-0.39, 0.29) is 54.1 Å². The van der Waals surface area contributed by atoms with Gasteiger partial charge in [-0.1, -0.05) is 4.40 Å². The number of piperidine rings is 1. The molecule has 10 heteroatoms. The van der Waals surface area contributed by atoms with Crippen molar-refractivity contribution >= 4 is 33.9 Å². The molecule has 30 heavy (non-hydrogen) atoms. The van der Waals surface area contributed by atoms with Crippen molar-refractivity contribution in [1.29, 1.82) is 0 Å². The minimum atomic E-state index is -2.74. The zero-order valence-electron chi connectivity index (χ0n) is 17.6. The Kier molecular flexibility index (Phi) is 5.94. The highest BCUT2D eigenvalue weighted by Crippen LogP contribution is 2.30. The van der Waals surface area contributed by atoms with Gasteiger partial charge in [0.1, 0.15) is 21.9 Å². The van der Waals surface area contributed by atoms with Gasteiger partial charge in [-0.2, -0.15) is 0 Å². The molecule has 0 aliphatic carbocycles. The molecular formula is C20H25F3N4O2S. The molecule has 1 aromatic carbocycles. The van der Waals surface area contributed by atoms with Crippen LogP contribution in [0.2, 0.25) is 0 Å². The van der Waals surface area contributed by atoms with E-state index in [1.54, 1.807) is 32.6 Å². The number of hydrogen-bond donors (Lipinski definition) is 0. The lowest BCUT2D eigenvalue weighted by Gasteiger charge is -2.33. The topological polar surface area (TPSA) is 73.6 Å². The van der Waals surface area contributed by atoms with Crippen molar-refractivity contribution in [2.75, 3.05) is 18.0 Å². The lowest BCUT2D eigenvalue weighted by atomic mass is 10.1. The standard InChI is InChI=1S/C20H25F3N4O2S/c1-12(25-30(29)19(2,3)4)14-10-13(21)11-15-16(14)24-18(26(5)17(15)28)27-8-6-20(22,23)7-9-27/h10-11H,6-9H2,1-5H3/b25-12-/t30-/m1/s1. The molecule has 1 aliphatic rings. The summed E-state index contributed by atoms with van der Waals surface area (Å²) < 4.78 is 58.6. The Morgan fingerprint density at radius 1 is 1.27 bits per heavy atom. The summed E-state index contributed by atoms with van der Waals surface area (Å²) >= 11 is -1.58. The fourth-order valence-electron chi connectivity index (χ4n) is 3.23. The molecule has 1 aliphatic heterocycles. The lowest BCUT2D eigenvalue weighted by Crippen LogP contribution is -2.42. The van der Waals surface area contributed by atoms with Gasteiger partial charge in [0, 0.05) is 38.5 Å². The van der Waals surface area contributed by atoms with Gasteiger partial charge in [-0.3, -0.25) is 9.36 Å². The molecule has 3 rings (SSSR count). The summed E-state index contributed by atoms with van der Waals surface area (Å²) in [5.74, 6) is -3.14. The molecule has 0 unspecified atom stereocenters. The van der Waals surface area contributed by atoms with Crippen LogP contribution in [0.1, 0.15) is 46.1 Å². The van der Waals surface area contributed by atoms with E-state index >= 15 is 0 Å². The Labute approximate surface area is 176 Å². The second kappa shape index (κ2) is 7.88. The second-order valence-corrected chi connectivity index (χ2v) is 10.4. The number of halogens is 3. The number of aromatic nitrogens is 2. The third-order valence-electron chi connectivity index (χ3n) is 5.03. The van der Waals surface area contributed by atoms with Crippen molar-refractivity contribution in [3.05, 3.63) is 33.9 Å². The van der Waals surface area contributed by atoms with Gasteiger partial charge in [-0.25, -0.2) is 18.2 Å². The monoisotopic (exact) mass is 442 g/mol. The molecule has 0 amide bonds. The largest absolute Gasteiger partial charge is 0.591 e.